The van der Waals surface area contributed by atoms with Gasteiger partial charge in [0.05, 0.1) is 16.6 Å². The molecule has 45 heavy (non-hydrogen) atoms. The fourth-order valence-corrected chi connectivity index (χ4v) is 5.78. The number of fused-ring (bicyclic) bond motifs is 1. The predicted octanol–water partition coefficient (Wildman–Crippen LogP) is 4.56. The average Bonchev–Trinajstić information content (AvgIpc) is 2.99. The zero-order valence-corrected chi connectivity index (χ0v) is 25.5. The number of aromatic hydroxyl groups is 1. The number of carbonyl (C=O) groups excluding carboxylic acids is 2. The van der Waals surface area contributed by atoms with Crippen LogP contribution in [0.5, 0.6) is 11.5 Å². The SMILES string of the molecule is CO[C@@H]1[C@@H](OC(N)=O)[C@@H](O)[C@H](Oc2ccc3c(O)c(CC(=O)c4cccc(-c5ccccc5C)c4)c(=O)oc3c2C)OC1(C)C. The molecule has 5 rings (SSSR count). The molecule has 3 aromatic carbocycles. The third kappa shape index (κ3) is 6.15. The Morgan fingerprint density at radius 2 is 1.78 bits per heavy atom. The molecule has 1 aliphatic heterocycles. The van der Waals surface area contributed by atoms with Gasteiger partial charge in [-0.25, -0.2) is 9.59 Å². The van der Waals surface area contributed by atoms with E-state index in [2.05, 4.69) is 0 Å². The summed E-state index contributed by atoms with van der Waals surface area (Å²) in [5, 5.41) is 22.3. The van der Waals surface area contributed by atoms with Gasteiger partial charge >= 0.3 is 11.7 Å². The van der Waals surface area contributed by atoms with E-state index >= 15 is 0 Å². The number of ketones is 1. The summed E-state index contributed by atoms with van der Waals surface area (Å²) in [5.74, 6) is -0.583. The summed E-state index contributed by atoms with van der Waals surface area (Å²) in [6.07, 6.45) is -6.38. The maximum absolute atomic E-state index is 13.3. The molecule has 1 amide bonds. The van der Waals surface area contributed by atoms with Crippen molar-refractivity contribution in [1.29, 1.82) is 0 Å². The van der Waals surface area contributed by atoms with Crippen LogP contribution in [0.1, 0.15) is 40.9 Å². The molecular formula is C34H35NO10. The molecule has 0 bridgehead atoms. The van der Waals surface area contributed by atoms with Crippen molar-refractivity contribution in [3.05, 3.63) is 93.3 Å². The van der Waals surface area contributed by atoms with Crippen molar-refractivity contribution in [3.63, 3.8) is 0 Å². The summed E-state index contributed by atoms with van der Waals surface area (Å²) < 4.78 is 28.1. The summed E-state index contributed by atoms with van der Waals surface area (Å²) in [5.41, 5.74) is 6.72. The van der Waals surface area contributed by atoms with E-state index in [-0.39, 0.29) is 40.2 Å². The molecule has 0 spiro atoms. The van der Waals surface area contributed by atoms with Crippen molar-refractivity contribution in [2.45, 2.75) is 64.3 Å². The maximum Gasteiger partial charge on any atom is 0.404 e. The molecule has 0 radical (unpaired) electrons. The largest absolute Gasteiger partial charge is 0.507 e. The Morgan fingerprint density at radius 1 is 1.04 bits per heavy atom. The lowest BCUT2D eigenvalue weighted by atomic mass is 9.89. The number of ether oxygens (including phenoxy) is 4. The Labute approximate surface area is 259 Å². The lowest BCUT2D eigenvalue weighted by molar-refractivity contribution is -0.304. The number of nitrogens with two attached hydrogens (primary N) is 1. The predicted molar refractivity (Wildman–Crippen MR) is 164 cm³/mol. The van der Waals surface area contributed by atoms with E-state index in [4.69, 9.17) is 29.1 Å². The minimum atomic E-state index is -1.50. The molecule has 2 heterocycles. The summed E-state index contributed by atoms with van der Waals surface area (Å²) in [4.78, 5) is 37.9. The molecular weight excluding hydrogens is 582 g/mol. The molecule has 4 N–H and O–H groups in total. The first-order valence-corrected chi connectivity index (χ1v) is 14.3. The summed E-state index contributed by atoms with van der Waals surface area (Å²) in [6, 6.07) is 17.9. The first-order chi connectivity index (χ1) is 21.3. The minimum Gasteiger partial charge on any atom is -0.507 e. The first-order valence-electron chi connectivity index (χ1n) is 14.3. The van der Waals surface area contributed by atoms with Gasteiger partial charge in [0.2, 0.25) is 6.29 Å². The molecule has 4 aromatic rings. The highest BCUT2D eigenvalue weighted by Gasteiger charge is 2.53. The second kappa shape index (κ2) is 12.4. The van der Waals surface area contributed by atoms with Gasteiger partial charge in [0.25, 0.3) is 0 Å². The topological polar surface area (TPSA) is 168 Å². The number of aliphatic hydroxyl groups excluding tert-OH is 1. The van der Waals surface area contributed by atoms with Crippen LogP contribution < -0.4 is 16.1 Å². The van der Waals surface area contributed by atoms with E-state index in [1.807, 2.05) is 37.3 Å². The number of hydrogen-bond acceptors (Lipinski definition) is 10. The molecule has 0 aliphatic carbocycles. The quantitative estimate of drug-likeness (QED) is 0.188. The lowest BCUT2D eigenvalue weighted by Gasteiger charge is -2.47. The van der Waals surface area contributed by atoms with E-state index in [1.165, 1.54) is 19.2 Å². The number of hydrogen-bond donors (Lipinski definition) is 3. The Morgan fingerprint density at radius 3 is 2.47 bits per heavy atom. The van der Waals surface area contributed by atoms with E-state index in [0.29, 0.717) is 11.1 Å². The highest BCUT2D eigenvalue weighted by molar-refractivity contribution is 6.00. The zero-order chi connectivity index (χ0) is 32.6. The van der Waals surface area contributed by atoms with Gasteiger partial charge in [-0.15, -0.1) is 0 Å². The highest BCUT2D eigenvalue weighted by atomic mass is 16.7. The van der Waals surface area contributed by atoms with Gasteiger partial charge < -0.3 is 39.3 Å². The van der Waals surface area contributed by atoms with Gasteiger partial charge in [-0.2, -0.15) is 0 Å². The smallest absolute Gasteiger partial charge is 0.404 e. The number of rotatable bonds is 8. The number of primary amides is 1. The number of benzene rings is 3. The molecule has 1 aromatic heterocycles. The van der Waals surface area contributed by atoms with Gasteiger partial charge in [0, 0.05) is 24.7 Å². The van der Waals surface area contributed by atoms with Gasteiger partial charge in [-0.3, -0.25) is 4.79 Å². The van der Waals surface area contributed by atoms with Crippen molar-refractivity contribution in [2.75, 3.05) is 7.11 Å². The van der Waals surface area contributed by atoms with E-state index in [9.17, 15) is 24.6 Å². The first kappa shape index (κ1) is 31.7. The Balaban J connectivity index is 1.42. The van der Waals surface area contributed by atoms with Crippen LogP contribution in [-0.2, 0) is 20.6 Å². The molecule has 4 atom stereocenters. The molecule has 1 aliphatic rings. The number of aliphatic hydroxyl groups is 1. The Hall–Kier alpha value is -4.71. The standard InChI is InChI=1S/C34H35NO10/c1-17-9-6-7-12-21(17)19-10-8-11-20(15-19)24(36)16-23-26(37)22-13-14-25(18(2)28(22)43-31(23)39)42-32-27(38)29(44-33(35)40)30(41-5)34(3,4)45-32/h6-15,27,29-30,32,37-38H,16H2,1-5H3,(H2,35,40)/t27-,29+,30-,32-/m1/s1. The van der Waals surface area contributed by atoms with Gasteiger partial charge in [-0.05, 0) is 62.6 Å². The third-order valence-corrected chi connectivity index (χ3v) is 8.08. The van der Waals surface area contributed by atoms with Crippen LogP contribution in [0.15, 0.2) is 69.9 Å². The van der Waals surface area contributed by atoms with Crippen molar-refractivity contribution in [1.82, 2.24) is 0 Å². The van der Waals surface area contributed by atoms with Crippen molar-refractivity contribution < 1.29 is 43.2 Å². The van der Waals surface area contributed by atoms with Crippen LogP contribution in [0.2, 0.25) is 0 Å². The fraction of sp³-hybridized carbons (Fsp3) is 0.324. The monoisotopic (exact) mass is 617 g/mol. The van der Waals surface area contributed by atoms with Crippen LogP contribution in [0, 0.1) is 13.8 Å². The Kier molecular flexibility index (Phi) is 8.70. The Bertz CT molecular complexity index is 1830. The lowest BCUT2D eigenvalue weighted by Crippen LogP contribution is -2.65. The van der Waals surface area contributed by atoms with Gasteiger partial charge in [0.15, 0.2) is 18.0 Å². The molecule has 0 unspecified atom stereocenters. The number of Topliss-reactive ketones (excluding diaryl/α,β-unsaturated/α-hetero) is 1. The number of aryl methyl sites for hydroxylation is 2. The van der Waals surface area contributed by atoms with Crippen LogP contribution in [0.4, 0.5) is 4.79 Å². The number of carbonyl (C=O) groups is 2. The number of methoxy groups -OCH3 is 1. The molecule has 11 heteroatoms. The molecule has 0 saturated carbocycles. The average molecular weight is 618 g/mol. The van der Waals surface area contributed by atoms with Crippen LogP contribution >= 0.6 is 0 Å². The summed E-state index contributed by atoms with van der Waals surface area (Å²) >= 11 is 0. The number of amides is 1. The van der Waals surface area contributed by atoms with Crippen molar-refractivity contribution >= 4 is 22.8 Å². The summed E-state index contributed by atoms with van der Waals surface area (Å²) in [6.45, 7) is 6.93. The van der Waals surface area contributed by atoms with Crippen LogP contribution in [0.3, 0.4) is 0 Å². The molecule has 11 nitrogen and oxygen atoms in total. The second-order valence-corrected chi connectivity index (χ2v) is 11.5. The highest BCUT2D eigenvalue weighted by Crippen LogP contribution is 2.38. The van der Waals surface area contributed by atoms with E-state index < -0.39 is 41.9 Å². The second-order valence-electron chi connectivity index (χ2n) is 11.5. The van der Waals surface area contributed by atoms with Gasteiger partial charge in [-0.1, -0.05) is 42.5 Å². The van der Waals surface area contributed by atoms with Crippen molar-refractivity contribution in [2.24, 2.45) is 5.73 Å². The summed E-state index contributed by atoms with van der Waals surface area (Å²) in [7, 11) is 1.38. The zero-order valence-electron chi connectivity index (χ0n) is 25.5. The van der Waals surface area contributed by atoms with E-state index in [0.717, 1.165) is 16.7 Å². The van der Waals surface area contributed by atoms with Crippen LogP contribution in [0.25, 0.3) is 22.1 Å². The fourth-order valence-electron chi connectivity index (χ4n) is 5.78. The molecule has 236 valence electrons. The maximum atomic E-state index is 13.3. The molecule has 1 saturated heterocycles. The third-order valence-electron chi connectivity index (χ3n) is 8.08. The molecule has 1 fully saturated rings. The van der Waals surface area contributed by atoms with Crippen molar-refractivity contribution in [3.8, 4) is 22.6 Å². The minimum absolute atomic E-state index is 0.0250. The van der Waals surface area contributed by atoms with Crippen LogP contribution in [-0.4, -0.2) is 59.4 Å². The normalized spacial score (nSPS) is 20.9. The van der Waals surface area contributed by atoms with E-state index in [1.54, 1.807) is 39.0 Å². The van der Waals surface area contributed by atoms with Gasteiger partial charge in [0.1, 0.15) is 23.2 Å².